The second kappa shape index (κ2) is 5.82. The minimum Gasteiger partial charge on any atom is -0.396 e. The third-order valence-corrected chi connectivity index (χ3v) is 3.97. The van der Waals surface area contributed by atoms with Crippen molar-refractivity contribution in [1.29, 1.82) is 0 Å². The van der Waals surface area contributed by atoms with Crippen LogP contribution in [0.25, 0.3) is 0 Å². The summed E-state index contributed by atoms with van der Waals surface area (Å²) < 4.78 is 21.9. The number of hydrogen-bond acceptors (Lipinski definition) is 4. The van der Waals surface area contributed by atoms with Crippen LogP contribution in [0.4, 0.5) is 0 Å². The van der Waals surface area contributed by atoms with E-state index < -0.39 is 9.84 Å². The summed E-state index contributed by atoms with van der Waals surface area (Å²) in [6.45, 7) is 0.705. The van der Waals surface area contributed by atoms with E-state index in [0.29, 0.717) is 18.5 Å². The Balaban J connectivity index is 2.29. The maximum atomic E-state index is 10.9. The molecule has 0 radical (unpaired) electrons. The summed E-state index contributed by atoms with van der Waals surface area (Å²) in [5.74, 6) is 0.486. The Labute approximate surface area is 92.0 Å². The molecule has 1 saturated carbocycles. The van der Waals surface area contributed by atoms with Gasteiger partial charge in [0.25, 0.3) is 0 Å². The molecule has 2 N–H and O–H groups in total. The normalized spacial score (nSPS) is 27.9. The highest BCUT2D eigenvalue weighted by Crippen LogP contribution is 2.23. The average molecular weight is 235 g/mol. The summed E-state index contributed by atoms with van der Waals surface area (Å²) >= 11 is 0. The average Bonchev–Trinajstić information content (AvgIpc) is 2.16. The van der Waals surface area contributed by atoms with E-state index in [1.165, 1.54) is 19.1 Å². The molecule has 0 saturated heterocycles. The summed E-state index contributed by atoms with van der Waals surface area (Å²) in [7, 11) is -2.87. The van der Waals surface area contributed by atoms with Gasteiger partial charge in [-0.2, -0.15) is 0 Å². The standard InChI is InChI=1S/C10H21NO3S/c1-15(13,14)7-6-11-10-5-3-2-4-9(10)8-12/h9-12H,2-8H2,1H3. The van der Waals surface area contributed by atoms with Gasteiger partial charge in [-0.25, -0.2) is 8.42 Å². The van der Waals surface area contributed by atoms with Gasteiger partial charge < -0.3 is 10.4 Å². The molecule has 1 rings (SSSR count). The Morgan fingerprint density at radius 2 is 2.00 bits per heavy atom. The van der Waals surface area contributed by atoms with Crippen LogP contribution in [0, 0.1) is 5.92 Å². The summed E-state index contributed by atoms with van der Waals surface area (Å²) in [5.41, 5.74) is 0. The highest BCUT2D eigenvalue weighted by Gasteiger charge is 2.23. The van der Waals surface area contributed by atoms with Crippen LogP contribution in [0.3, 0.4) is 0 Å². The molecule has 5 heteroatoms. The number of rotatable bonds is 5. The molecular weight excluding hydrogens is 214 g/mol. The van der Waals surface area contributed by atoms with Crippen molar-refractivity contribution in [3.05, 3.63) is 0 Å². The second-order valence-electron chi connectivity index (χ2n) is 4.42. The number of hydrogen-bond donors (Lipinski definition) is 2. The predicted molar refractivity (Wildman–Crippen MR) is 60.5 cm³/mol. The minimum absolute atomic E-state index is 0.182. The van der Waals surface area contributed by atoms with Gasteiger partial charge in [0, 0.05) is 25.4 Å². The van der Waals surface area contributed by atoms with E-state index in [9.17, 15) is 8.42 Å². The lowest BCUT2D eigenvalue weighted by Gasteiger charge is -2.30. The van der Waals surface area contributed by atoms with Gasteiger partial charge in [-0.05, 0) is 18.8 Å². The van der Waals surface area contributed by atoms with Crippen molar-refractivity contribution >= 4 is 9.84 Å². The van der Waals surface area contributed by atoms with Crippen molar-refractivity contribution in [3.63, 3.8) is 0 Å². The van der Waals surface area contributed by atoms with Crippen molar-refractivity contribution in [2.75, 3.05) is 25.2 Å². The SMILES string of the molecule is CS(=O)(=O)CCNC1CCCCC1CO. The molecule has 1 aliphatic rings. The minimum atomic E-state index is -2.87. The second-order valence-corrected chi connectivity index (χ2v) is 6.68. The fourth-order valence-electron chi connectivity index (χ4n) is 2.12. The molecule has 0 spiro atoms. The maximum Gasteiger partial charge on any atom is 0.148 e. The number of sulfone groups is 1. The van der Waals surface area contributed by atoms with Crippen LogP contribution in [-0.2, 0) is 9.84 Å². The van der Waals surface area contributed by atoms with E-state index in [0.717, 1.165) is 12.8 Å². The number of nitrogens with one attached hydrogen (secondary N) is 1. The van der Waals surface area contributed by atoms with Crippen molar-refractivity contribution < 1.29 is 13.5 Å². The molecule has 0 aliphatic heterocycles. The third kappa shape index (κ3) is 4.95. The molecular formula is C10H21NO3S. The van der Waals surface area contributed by atoms with Crippen LogP contribution < -0.4 is 5.32 Å². The topological polar surface area (TPSA) is 66.4 Å². The van der Waals surface area contributed by atoms with E-state index in [1.54, 1.807) is 0 Å². The van der Waals surface area contributed by atoms with Gasteiger partial charge in [-0.3, -0.25) is 0 Å². The van der Waals surface area contributed by atoms with E-state index in [2.05, 4.69) is 5.32 Å². The fraction of sp³-hybridized carbons (Fsp3) is 1.00. The summed E-state index contributed by atoms with van der Waals surface area (Å²) in [6, 6.07) is 0.297. The Morgan fingerprint density at radius 3 is 2.60 bits per heavy atom. The van der Waals surface area contributed by atoms with Gasteiger partial charge in [0.1, 0.15) is 9.84 Å². The zero-order valence-electron chi connectivity index (χ0n) is 9.28. The molecule has 2 atom stereocenters. The molecule has 90 valence electrons. The third-order valence-electron chi connectivity index (χ3n) is 3.02. The summed E-state index contributed by atoms with van der Waals surface area (Å²) in [4.78, 5) is 0. The Bertz CT molecular complexity index is 276. The van der Waals surface area contributed by atoms with Crippen LogP contribution in [0.15, 0.2) is 0 Å². The molecule has 0 heterocycles. The molecule has 0 aromatic heterocycles. The Morgan fingerprint density at radius 1 is 1.33 bits per heavy atom. The highest BCUT2D eigenvalue weighted by molar-refractivity contribution is 7.90. The van der Waals surface area contributed by atoms with Crippen molar-refractivity contribution in [2.24, 2.45) is 5.92 Å². The molecule has 4 nitrogen and oxygen atoms in total. The highest BCUT2D eigenvalue weighted by atomic mass is 32.2. The molecule has 1 fully saturated rings. The first-order valence-electron chi connectivity index (χ1n) is 5.55. The smallest absolute Gasteiger partial charge is 0.148 e. The summed E-state index contributed by atoms with van der Waals surface area (Å²) in [6.07, 6.45) is 5.70. The van der Waals surface area contributed by atoms with Gasteiger partial charge in [0.15, 0.2) is 0 Å². The van der Waals surface area contributed by atoms with Crippen LogP contribution in [0.2, 0.25) is 0 Å². The molecule has 0 aromatic rings. The molecule has 0 bridgehead atoms. The first-order valence-corrected chi connectivity index (χ1v) is 7.61. The molecule has 1 aliphatic carbocycles. The van der Waals surface area contributed by atoms with Gasteiger partial charge >= 0.3 is 0 Å². The van der Waals surface area contributed by atoms with E-state index in [-0.39, 0.29) is 12.4 Å². The lowest BCUT2D eigenvalue weighted by atomic mass is 9.85. The Kier molecular flexibility index (Phi) is 5.02. The quantitative estimate of drug-likeness (QED) is 0.713. The van der Waals surface area contributed by atoms with Crippen molar-refractivity contribution in [1.82, 2.24) is 5.32 Å². The molecule has 0 amide bonds. The van der Waals surface area contributed by atoms with Gasteiger partial charge in [0.05, 0.1) is 5.75 Å². The van der Waals surface area contributed by atoms with Crippen LogP contribution in [0.1, 0.15) is 25.7 Å². The zero-order chi connectivity index (χ0) is 11.3. The first kappa shape index (κ1) is 12.9. The van der Waals surface area contributed by atoms with Gasteiger partial charge in [0.2, 0.25) is 0 Å². The zero-order valence-corrected chi connectivity index (χ0v) is 10.1. The predicted octanol–water partition coefficient (Wildman–Crippen LogP) is 0.172. The van der Waals surface area contributed by atoms with E-state index in [4.69, 9.17) is 5.11 Å². The summed E-state index contributed by atoms with van der Waals surface area (Å²) in [5, 5.41) is 12.4. The number of aliphatic hydroxyl groups is 1. The molecule has 2 unspecified atom stereocenters. The number of aliphatic hydroxyl groups excluding tert-OH is 1. The van der Waals surface area contributed by atoms with Crippen molar-refractivity contribution in [3.8, 4) is 0 Å². The van der Waals surface area contributed by atoms with Crippen LogP contribution in [-0.4, -0.2) is 44.7 Å². The lowest BCUT2D eigenvalue weighted by Crippen LogP contribution is -2.42. The largest absolute Gasteiger partial charge is 0.396 e. The van der Waals surface area contributed by atoms with Gasteiger partial charge in [-0.15, -0.1) is 0 Å². The fourth-order valence-corrected chi connectivity index (χ4v) is 2.61. The van der Waals surface area contributed by atoms with E-state index >= 15 is 0 Å². The molecule has 15 heavy (non-hydrogen) atoms. The van der Waals surface area contributed by atoms with Crippen LogP contribution in [0.5, 0.6) is 0 Å². The Hall–Kier alpha value is -0.130. The van der Waals surface area contributed by atoms with Crippen LogP contribution >= 0.6 is 0 Å². The molecule has 0 aromatic carbocycles. The van der Waals surface area contributed by atoms with Gasteiger partial charge in [-0.1, -0.05) is 12.8 Å². The maximum absolute atomic E-state index is 10.9. The van der Waals surface area contributed by atoms with Crippen molar-refractivity contribution in [2.45, 2.75) is 31.7 Å². The monoisotopic (exact) mass is 235 g/mol. The lowest BCUT2D eigenvalue weighted by molar-refractivity contribution is 0.154. The first-order chi connectivity index (χ1) is 7.03. The van der Waals surface area contributed by atoms with E-state index in [1.807, 2.05) is 0 Å².